The monoisotopic (exact) mass is 220 g/mol. The van der Waals surface area contributed by atoms with Crippen molar-refractivity contribution in [3.8, 4) is 0 Å². The van der Waals surface area contributed by atoms with Crippen molar-refractivity contribution in [1.82, 2.24) is 0 Å². The summed E-state index contributed by atoms with van der Waals surface area (Å²) in [6.45, 7) is 1.61. The van der Waals surface area contributed by atoms with E-state index in [0.717, 1.165) is 0 Å². The van der Waals surface area contributed by atoms with Crippen molar-refractivity contribution in [2.24, 2.45) is 0 Å². The SMILES string of the molecule is CCC(O)C(=O)O.O=C(O)/C=C/C(=O)O. The lowest BCUT2D eigenvalue weighted by atomic mass is 10.3. The van der Waals surface area contributed by atoms with Gasteiger partial charge in [-0.3, -0.25) is 0 Å². The van der Waals surface area contributed by atoms with Gasteiger partial charge in [0.2, 0.25) is 0 Å². The number of rotatable bonds is 4. The minimum Gasteiger partial charge on any atom is -0.479 e. The van der Waals surface area contributed by atoms with Gasteiger partial charge in [0.25, 0.3) is 0 Å². The predicted molar refractivity (Wildman–Crippen MR) is 48.3 cm³/mol. The van der Waals surface area contributed by atoms with Crippen LogP contribution in [0.4, 0.5) is 0 Å². The molecule has 7 nitrogen and oxygen atoms in total. The molecule has 0 aliphatic rings. The van der Waals surface area contributed by atoms with Crippen molar-refractivity contribution in [2.45, 2.75) is 19.4 Å². The second-order valence-corrected chi connectivity index (χ2v) is 2.27. The minimum atomic E-state index is -1.26. The van der Waals surface area contributed by atoms with Crippen molar-refractivity contribution in [3.05, 3.63) is 12.2 Å². The molecule has 0 radical (unpaired) electrons. The van der Waals surface area contributed by atoms with E-state index in [2.05, 4.69) is 0 Å². The fourth-order valence-corrected chi connectivity index (χ4v) is 0.317. The fraction of sp³-hybridized carbons (Fsp3) is 0.375. The third-order valence-corrected chi connectivity index (χ3v) is 1.04. The lowest BCUT2D eigenvalue weighted by Gasteiger charge is -1.95. The van der Waals surface area contributed by atoms with Gasteiger partial charge in [-0.05, 0) is 6.42 Å². The van der Waals surface area contributed by atoms with Crippen LogP contribution in [0.5, 0.6) is 0 Å². The summed E-state index contributed by atoms with van der Waals surface area (Å²) in [4.78, 5) is 28.8. The Kier molecular flexibility index (Phi) is 9.03. The molecule has 0 spiro atoms. The summed E-state index contributed by atoms with van der Waals surface area (Å²) in [6.07, 6.45) is 0.208. The highest BCUT2D eigenvalue weighted by Crippen LogP contribution is 1.86. The van der Waals surface area contributed by atoms with Gasteiger partial charge in [-0.1, -0.05) is 6.92 Å². The van der Waals surface area contributed by atoms with Crippen LogP contribution in [0.3, 0.4) is 0 Å². The van der Waals surface area contributed by atoms with E-state index in [1.807, 2.05) is 0 Å². The molecule has 15 heavy (non-hydrogen) atoms. The molecule has 86 valence electrons. The lowest BCUT2D eigenvalue weighted by Crippen LogP contribution is -2.17. The third-order valence-electron chi connectivity index (χ3n) is 1.04. The van der Waals surface area contributed by atoms with E-state index in [1.165, 1.54) is 0 Å². The Labute approximate surface area is 85.3 Å². The Bertz CT molecular complexity index is 240. The standard InChI is InChI=1S/C4H4O4.C4H8O3/c5-3(6)1-2-4(7)8;1-2-3(5)4(6)7/h1-2H,(H,5,6)(H,7,8);3,5H,2H2,1H3,(H,6,7)/b2-1+;. The molecular formula is C8H12O7. The van der Waals surface area contributed by atoms with E-state index in [1.54, 1.807) is 6.92 Å². The van der Waals surface area contributed by atoms with Crippen molar-refractivity contribution < 1.29 is 34.8 Å². The van der Waals surface area contributed by atoms with Crippen molar-refractivity contribution in [2.75, 3.05) is 0 Å². The maximum atomic E-state index is 9.68. The zero-order chi connectivity index (χ0) is 12.4. The summed E-state index contributed by atoms with van der Waals surface area (Å²) in [7, 11) is 0. The average molecular weight is 220 g/mol. The highest BCUT2D eigenvalue weighted by atomic mass is 16.4. The number of carboxylic acid groups (broad SMARTS) is 3. The van der Waals surface area contributed by atoms with Gasteiger partial charge < -0.3 is 20.4 Å². The first-order chi connectivity index (χ1) is 6.81. The summed E-state index contributed by atoms with van der Waals surface area (Å²) in [5.74, 6) is -3.66. The molecule has 0 aromatic rings. The molecule has 4 N–H and O–H groups in total. The number of aliphatic hydroxyl groups is 1. The molecule has 0 saturated heterocycles. The van der Waals surface area contributed by atoms with Crippen molar-refractivity contribution in [3.63, 3.8) is 0 Å². The van der Waals surface area contributed by atoms with Gasteiger partial charge >= 0.3 is 17.9 Å². The zero-order valence-corrected chi connectivity index (χ0v) is 7.95. The number of aliphatic carboxylic acids is 3. The first kappa shape index (κ1) is 15.6. The summed E-state index contributed by atoms with van der Waals surface area (Å²) in [6, 6.07) is 0. The van der Waals surface area contributed by atoms with Gasteiger partial charge in [0, 0.05) is 12.2 Å². The van der Waals surface area contributed by atoms with Crippen molar-refractivity contribution >= 4 is 17.9 Å². The first-order valence-corrected chi connectivity index (χ1v) is 3.86. The smallest absolute Gasteiger partial charge is 0.332 e. The van der Waals surface area contributed by atoms with Crippen molar-refractivity contribution in [1.29, 1.82) is 0 Å². The largest absolute Gasteiger partial charge is 0.479 e. The molecule has 0 aliphatic heterocycles. The minimum absolute atomic E-state index is 0.273. The van der Waals surface area contributed by atoms with Gasteiger partial charge in [0.1, 0.15) is 0 Å². The van der Waals surface area contributed by atoms with E-state index in [-0.39, 0.29) is 6.42 Å². The Morgan fingerprint density at radius 1 is 1.07 bits per heavy atom. The molecule has 0 saturated carbocycles. The summed E-state index contributed by atoms with van der Waals surface area (Å²) in [5, 5.41) is 31.9. The van der Waals surface area contributed by atoms with Crippen LogP contribution in [0.2, 0.25) is 0 Å². The van der Waals surface area contributed by atoms with Crippen LogP contribution in [0.15, 0.2) is 12.2 Å². The number of carboxylic acids is 3. The molecule has 7 heteroatoms. The Morgan fingerprint density at radius 3 is 1.47 bits per heavy atom. The Morgan fingerprint density at radius 2 is 1.40 bits per heavy atom. The quantitative estimate of drug-likeness (QED) is 0.472. The molecule has 0 aromatic heterocycles. The van der Waals surface area contributed by atoms with Crippen LogP contribution in [0, 0.1) is 0 Å². The molecule has 0 fully saturated rings. The molecule has 0 heterocycles. The van der Waals surface area contributed by atoms with Gasteiger partial charge in [0.05, 0.1) is 0 Å². The van der Waals surface area contributed by atoms with Crippen LogP contribution >= 0.6 is 0 Å². The molecule has 1 unspecified atom stereocenters. The van der Waals surface area contributed by atoms with Gasteiger partial charge in [-0.2, -0.15) is 0 Å². The van der Waals surface area contributed by atoms with E-state index >= 15 is 0 Å². The molecule has 0 bridgehead atoms. The van der Waals surface area contributed by atoms with Crippen LogP contribution < -0.4 is 0 Å². The second kappa shape index (κ2) is 8.70. The van der Waals surface area contributed by atoms with Crippen LogP contribution in [-0.2, 0) is 14.4 Å². The highest BCUT2D eigenvalue weighted by molar-refractivity contribution is 5.89. The summed E-state index contributed by atoms with van der Waals surface area (Å²) < 4.78 is 0. The van der Waals surface area contributed by atoms with E-state index < -0.39 is 24.0 Å². The van der Waals surface area contributed by atoms with Gasteiger partial charge in [0.15, 0.2) is 6.10 Å². The number of carbonyl (C=O) groups is 3. The third kappa shape index (κ3) is 14.9. The maximum absolute atomic E-state index is 9.68. The highest BCUT2D eigenvalue weighted by Gasteiger charge is 2.07. The summed E-state index contributed by atoms with van der Waals surface area (Å²) in [5.41, 5.74) is 0. The predicted octanol–water partition coefficient (Wildman–Crippen LogP) is -0.446. The Balaban J connectivity index is 0. The topological polar surface area (TPSA) is 132 Å². The van der Waals surface area contributed by atoms with E-state index in [9.17, 15) is 14.4 Å². The van der Waals surface area contributed by atoms with Gasteiger partial charge in [-0.25, -0.2) is 14.4 Å². The average Bonchev–Trinajstić information content (AvgIpc) is 2.14. The molecule has 1 atom stereocenters. The lowest BCUT2D eigenvalue weighted by molar-refractivity contribution is -0.146. The maximum Gasteiger partial charge on any atom is 0.332 e. The number of aliphatic hydroxyl groups excluding tert-OH is 1. The molecule has 0 rings (SSSR count). The fourth-order valence-electron chi connectivity index (χ4n) is 0.317. The number of hydrogen-bond donors (Lipinski definition) is 4. The molecular weight excluding hydrogens is 208 g/mol. The second-order valence-electron chi connectivity index (χ2n) is 2.27. The summed E-state index contributed by atoms with van der Waals surface area (Å²) >= 11 is 0. The first-order valence-electron chi connectivity index (χ1n) is 3.86. The van der Waals surface area contributed by atoms with Crippen LogP contribution in [0.1, 0.15) is 13.3 Å². The van der Waals surface area contributed by atoms with Gasteiger partial charge in [-0.15, -0.1) is 0 Å². The Hall–Kier alpha value is -1.89. The molecule has 0 amide bonds. The van der Waals surface area contributed by atoms with Crippen LogP contribution in [0.25, 0.3) is 0 Å². The molecule has 0 aromatic carbocycles. The van der Waals surface area contributed by atoms with E-state index in [0.29, 0.717) is 12.2 Å². The van der Waals surface area contributed by atoms with Crippen LogP contribution in [-0.4, -0.2) is 44.4 Å². The number of hydrogen-bond acceptors (Lipinski definition) is 4. The van der Waals surface area contributed by atoms with E-state index in [4.69, 9.17) is 20.4 Å². The zero-order valence-electron chi connectivity index (χ0n) is 7.95. The normalized spacial score (nSPS) is 11.3. The molecule has 0 aliphatic carbocycles.